The molecule has 1 heterocycles. The Morgan fingerprint density at radius 1 is 1.23 bits per heavy atom. The number of rotatable bonds is 8. The van der Waals surface area contributed by atoms with Gasteiger partial charge in [0.15, 0.2) is 0 Å². The molecule has 0 aliphatic heterocycles. The molecule has 4 atom stereocenters. The summed E-state index contributed by atoms with van der Waals surface area (Å²) in [5, 5.41) is 15.2. The summed E-state index contributed by atoms with van der Waals surface area (Å²) in [5.74, 6) is 1.07. The van der Waals surface area contributed by atoms with E-state index in [1.807, 2.05) is 23.6 Å². The molecule has 160 valence electrons. The molecule has 4 nitrogen and oxygen atoms in total. The Morgan fingerprint density at radius 3 is 2.80 bits per heavy atom. The van der Waals surface area contributed by atoms with Crippen molar-refractivity contribution in [3.63, 3.8) is 0 Å². The van der Waals surface area contributed by atoms with Gasteiger partial charge in [0.2, 0.25) is 0 Å². The zero-order valence-corrected chi connectivity index (χ0v) is 18.6. The highest BCUT2D eigenvalue weighted by Crippen LogP contribution is 2.62. The number of aliphatic carboxylic acids is 1. The molecule has 2 bridgehead atoms. The van der Waals surface area contributed by atoms with Crippen LogP contribution < -0.4 is 5.32 Å². The van der Waals surface area contributed by atoms with Crippen molar-refractivity contribution in [3.05, 3.63) is 47.4 Å². The van der Waals surface area contributed by atoms with E-state index in [0.717, 1.165) is 34.9 Å². The fraction of sp³-hybridized carbons (Fsp3) is 0.520. The van der Waals surface area contributed by atoms with Gasteiger partial charge in [0.05, 0.1) is 5.56 Å². The number of hydrogen-bond acceptors (Lipinski definition) is 3. The predicted molar refractivity (Wildman–Crippen MR) is 122 cm³/mol. The molecule has 30 heavy (non-hydrogen) atoms. The zero-order chi connectivity index (χ0) is 21.3. The first kappa shape index (κ1) is 21.1. The SMILES string of the molecule is CC1(C)[C@H]2C[C@@H](NC(=O)c3csc4ccccc34)[C@@H](C/C=C\CCCC(=O)O)[C@@H]1C2. The van der Waals surface area contributed by atoms with E-state index in [1.54, 1.807) is 11.3 Å². The first-order valence-electron chi connectivity index (χ1n) is 11.0. The van der Waals surface area contributed by atoms with Crippen LogP contribution in [-0.4, -0.2) is 23.0 Å². The molecule has 3 saturated carbocycles. The number of hydrogen-bond donors (Lipinski definition) is 2. The Morgan fingerprint density at radius 2 is 2.03 bits per heavy atom. The van der Waals surface area contributed by atoms with E-state index in [1.165, 1.54) is 6.42 Å². The summed E-state index contributed by atoms with van der Waals surface area (Å²) in [5.41, 5.74) is 1.13. The van der Waals surface area contributed by atoms with E-state index in [0.29, 0.717) is 29.6 Å². The summed E-state index contributed by atoms with van der Waals surface area (Å²) in [6.45, 7) is 4.75. The number of nitrogens with one attached hydrogen (secondary N) is 1. The smallest absolute Gasteiger partial charge is 0.303 e. The minimum absolute atomic E-state index is 0.0481. The lowest BCUT2D eigenvalue weighted by molar-refractivity contribution is -0.137. The molecule has 3 aliphatic carbocycles. The number of thiophene rings is 1. The maximum Gasteiger partial charge on any atom is 0.303 e. The monoisotopic (exact) mass is 425 g/mol. The minimum Gasteiger partial charge on any atom is -0.481 e. The van der Waals surface area contributed by atoms with Crippen molar-refractivity contribution in [2.75, 3.05) is 0 Å². The number of allylic oxidation sites excluding steroid dienone is 2. The van der Waals surface area contributed by atoms with E-state index in [4.69, 9.17) is 5.11 Å². The minimum atomic E-state index is -0.735. The van der Waals surface area contributed by atoms with Crippen molar-refractivity contribution in [2.45, 2.75) is 58.4 Å². The molecule has 0 spiro atoms. The quantitative estimate of drug-likeness (QED) is 0.410. The largest absolute Gasteiger partial charge is 0.481 e. The average molecular weight is 426 g/mol. The van der Waals surface area contributed by atoms with Crippen LogP contribution in [0, 0.1) is 23.2 Å². The number of carbonyl (C=O) groups excluding carboxylic acids is 1. The second-order valence-electron chi connectivity index (χ2n) is 9.48. The zero-order valence-electron chi connectivity index (χ0n) is 17.8. The van der Waals surface area contributed by atoms with Crippen LogP contribution in [-0.2, 0) is 4.79 Å². The highest BCUT2D eigenvalue weighted by atomic mass is 32.1. The van der Waals surface area contributed by atoms with Crippen LogP contribution in [0.3, 0.4) is 0 Å². The van der Waals surface area contributed by atoms with E-state index < -0.39 is 5.97 Å². The van der Waals surface area contributed by atoms with Crippen LogP contribution in [0.2, 0.25) is 0 Å². The molecule has 0 unspecified atom stereocenters. The van der Waals surface area contributed by atoms with Crippen LogP contribution in [0.5, 0.6) is 0 Å². The number of amides is 1. The van der Waals surface area contributed by atoms with Crippen molar-refractivity contribution < 1.29 is 14.7 Å². The Balaban J connectivity index is 1.43. The number of benzene rings is 1. The maximum absolute atomic E-state index is 13.1. The Bertz CT molecular complexity index is 960. The molecule has 5 heteroatoms. The molecule has 2 N–H and O–H groups in total. The summed E-state index contributed by atoms with van der Waals surface area (Å²) in [6.07, 6.45) is 9.29. The highest BCUT2D eigenvalue weighted by Gasteiger charge is 2.57. The second kappa shape index (κ2) is 8.54. The summed E-state index contributed by atoms with van der Waals surface area (Å²) in [6, 6.07) is 8.29. The van der Waals surface area contributed by atoms with Crippen molar-refractivity contribution in [1.29, 1.82) is 0 Å². The van der Waals surface area contributed by atoms with E-state index in [2.05, 4.69) is 37.4 Å². The topological polar surface area (TPSA) is 66.4 Å². The third kappa shape index (κ3) is 4.04. The molecular formula is C25H31NO3S. The van der Waals surface area contributed by atoms with Gasteiger partial charge in [-0.1, -0.05) is 44.2 Å². The van der Waals surface area contributed by atoms with Gasteiger partial charge in [-0.25, -0.2) is 0 Å². The van der Waals surface area contributed by atoms with Crippen molar-refractivity contribution in [2.24, 2.45) is 23.2 Å². The number of carboxylic acids is 1. The predicted octanol–water partition coefficient (Wildman–Crippen LogP) is 5.88. The van der Waals surface area contributed by atoms with Gasteiger partial charge < -0.3 is 10.4 Å². The summed E-state index contributed by atoms with van der Waals surface area (Å²) in [4.78, 5) is 23.8. The molecular weight excluding hydrogens is 394 g/mol. The number of unbranched alkanes of at least 4 members (excludes halogenated alkanes) is 1. The van der Waals surface area contributed by atoms with Crippen LogP contribution in [0.25, 0.3) is 10.1 Å². The fourth-order valence-electron chi connectivity index (χ4n) is 5.58. The molecule has 0 radical (unpaired) electrons. The number of carboxylic acid groups (broad SMARTS) is 1. The molecule has 3 aliphatic rings. The molecule has 1 aromatic heterocycles. The van der Waals surface area contributed by atoms with Crippen LogP contribution in [0.1, 0.15) is 62.7 Å². The molecule has 0 saturated heterocycles. The molecule has 5 rings (SSSR count). The Kier molecular flexibility index (Phi) is 6.01. The average Bonchev–Trinajstić information content (AvgIpc) is 3.15. The lowest BCUT2D eigenvalue weighted by Crippen LogP contribution is -2.61. The number of fused-ring (bicyclic) bond motifs is 3. The fourth-order valence-corrected chi connectivity index (χ4v) is 6.52. The van der Waals surface area contributed by atoms with Crippen LogP contribution in [0.4, 0.5) is 0 Å². The first-order valence-corrected chi connectivity index (χ1v) is 11.9. The van der Waals surface area contributed by atoms with Gasteiger partial charge in [0.25, 0.3) is 5.91 Å². The van der Waals surface area contributed by atoms with Crippen LogP contribution in [0.15, 0.2) is 41.8 Å². The summed E-state index contributed by atoms with van der Waals surface area (Å²) in [7, 11) is 0. The van der Waals surface area contributed by atoms with Crippen molar-refractivity contribution in [1.82, 2.24) is 5.32 Å². The van der Waals surface area contributed by atoms with Gasteiger partial charge in [-0.05, 0) is 61.3 Å². The van der Waals surface area contributed by atoms with E-state index in [9.17, 15) is 9.59 Å². The van der Waals surface area contributed by atoms with Gasteiger partial charge in [0.1, 0.15) is 0 Å². The standard InChI is InChI=1S/C25H31NO3S/c1-25(2)16-13-20(25)18(10-5-3-4-6-12-23(27)28)21(14-16)26-24(29)19-15-30-22-11-8-7-9-17(19)22/h3,5,7-9,11,15-16,18,20-21H,4,6,10,12-14H2,1-2H3,(H,26,29)(H,27,28)/b5-3-/t16-,18+,20+,21-/m1/s1. The van der Waals surface area contributed by atoms with Gasteiger partial charge in [-0.3, -0.25) is 9.59 Å². The summed E-state index contributed by atoms with van der Waals surface area (Å²) >= 11 is 1.62. The number of carbonyl (C=O) groups is 2. The van der Waals surface area contributed by atoms with Crippen molar-refractivity contribution in [3.8, 4) is 0 Å². The normalized spacial score (nSPS) is 27.1. The van der Waals surface area contributed by atoms with Gasteiger partial charge in [-0.2, -0.15) is 0 Å². The van der Waals surface area contributed by atoms with E-state index in [-0.39, 0.29) is 18.4 Å². The summed E-state index contributed by atoms with van der Waals surface area (Å²) < 4.78 is 1.15. The maximum atomic E-state index is 13.1. The van der Waals surface area contributed by atoms with Gasteiger partial charge in [-0.15, -0.1) is 11.3 Å². The lowest BCUT2D eigenvalue weighted by Gasteiger charge is -2.62. The van der Waals surface area contributed by atoms with Crippen LogP contribution >= 0.6 is 11.3 Å². The van der Waals surface area contributed by atoms with Gasteiger partial charge >= 0.3 is 5.97 Å². The molecule has 1 amide bonds. The van der Waals surface area contributed by atoms with E-state index >= 15 is 0 Å². The molecule has 3 fully saturated rings. The molecule has 2 aromatic rings. The van der Waals surface area contributed by atoms with Crippen molar-refractivity contribution >= 4 is 33.3 Å². The highest BCUT2D eigenvalue weighted by molar-refractivity contribution is 7.17. The first-order chi connectivity index (χ1) is 14.4. The lowest BCUT2D eigenvalue weighted by atomic mass is 9.44. The second-order valence-corrected chi connectivity index (χ2v) is 10.4. The third-order valence-corrected chi connectivity index (χ3v) is 8.46. The Hall–Kier alpha value is -2.14. The third-order valence-electron chi connectivity index (χ3n) is 7.50. The molecule has 1 aromatic carbocycles. The Labute approximate surface area is 182 Å². The van der Waals surface area contributed by atoms with Gasteiger partial charge in [0, 0.05) is 27.9 Å².